The lowest BCUT2D eigenvalue weighted by molar-refractivity contribution is 0.373. The van der Waals surface area contributed by atoms with Crippen LogP contribution in [0.15, 0.2) is 18.2 Å². The summed E-state index contributed by atoms with van der Waals surface area (Å²) in [6, 6.07) is 7.40. The van der Waals surface area contributed by atoms with Gasteiger partial charge in [-0.15, -0.1) is 0 Å². The summed E-state index contributed by atoms with van der Waals surface area (Å²) in [5.74, 6) is 0. The van der Waals surface area contributed by atoms with Crippen LogP contribution >= 0.6 is 0 Å². The van der Waals surface area contributed by atoms with E-state index in [0.717, 1.165) is 26.2 Å². The third kappa shape index (κ3) is 5.68. The smallest absolute Gasteiger partial charge is 0.0388 e. The van der Waals surface area contributed by atoms with Crippen molar-refractivity contribution in [1.29, 1.82) is 0 Å². The largest absolute Gasteiger partial charge is 0.368 e. The van der Waals surface area contributed by atoms with Crippen LogP contribution in [0.4, 0.5) is 5.69 Å². The molecule has 0 heterocycles. The first-order valence-electron chi connectivity index (χ1n) is 8.21. The average Bonchev–Trinajstić information content (AvgIpc) is 2.41. The van der Waals surface area contributed by atoms with E-state index in [0.29, 0.717) is 6.04 Å². The van der Waals surface area contributed by atoms with Gasteiger partial charge in [-0.05, 0) is 71.1 Å². The molecule has 120 valence electrons. The highest BCUT2D eigenvalue weighted by Gasteiger charge is 2.14. The fraction of sp³-hybridized carbons (Fsp3) is 0.667. The second-order valence-electron chi connectivity index (χ2n) is 6.18. The fourth-order valence-electron chi connectivity index (χ4n) is 2.83. The van der Waals surface area contributed by atoms with E-state index >= 15 is 0 Å². The Labute approximate surface area is 131 Å². The molecule has 3 nitrogen and oxygen atoms in total. The van der Waals surface area contributed by atoms with Gasteiger partial charge in [0.15, 0.2) is 0 Å². The Morgan fingerprint density at radius 1 is 1.19 bits per heavy atom. The molecule has 0 saturated carbocycles. The normalized spacial score (nSPS) is 12.7. The van der Waals surface area contributed by atoms with E-state index in [1.807, 2.05) is 0 Å². The number of aryl methyl sites for hydroxylation is 1. The topological polar surface area (TPSA) is 18.5 Å². The highest BCUT2D eigenvalue weighted by molar-refractivity contribution is 5.51. The van der Waals surface area contributed by atoms with E-state index in [2.05, 4.69) is 75.1 Å². The first kappa shape index (κ1) is 18.0. The second-order valence-corrected chi connectivity index (χ2v) is 6.18. The van der Waals surface area contributed by atoms with Gasteiger partial charge >= 0.3 is 0 Å². The van der Waals surface area contributed by atoms with Crippen molar-refractivity contribution < 1.29 is 0 Å². The first-order chi connectivity index (χ1) is 9.99. The van der Waals surface area contributed by atoms with Gasteiger partial charge in [0.05, 0.1) is 0 Å². The van der Waals surface area contributed by atoms with Crippen LogP contribution in [0.25, 0.3) is 0 Å². The molecule has 0 radical (unpaired) electrons. The van der Waals surface area contributed by atoms with Crippen LogP contribution in [0.3, 0.4) is 0 Å². The third-order valence-corrected chi connectivity index (χ3v) is 3.90. The Balaban J connectivity index is 2.79. The number of nitrogens with one attached hydrogen (secondary N) is 1. The molecule has 1 rings (SSSR count). The van der Waals surface area contributed by atoms with Gasteiger partial charge in [-0.2, -0.15) is 0 Å². The molecule has 0 saturated heterocycles. The van der Waals surface area contributed by atoms with Crippen molar-refractivity contribution in [2.24, 2.45) is 0 Å². The lowest BCUT2D eigenvalue weighted by Gasteiger charge is -2.32. The van der Waals surface area contributed by atoms with Gasteiger partial charge in [0, 0.05) is 31.4 Å². The maximum Gasteiger partial charge on any atom is 0.0388 e. The average molecular weight is 291 g/mol. The van der Waals surface area contributed by atoms with Gasteiger partial charge in [-0.3, -0.25) is 0 Å². The fourth-order valence-corrected chi connectivity index (χ4v) is 2.83. The van der Waals surface area contributed by atoms with E-state index in [9.17, 15) is 0 Å². The molecule has 1 N–H and O–H groups in total. The van der Waals surface area contributed by atoms with Gasteiger partial charge in [-0.1, -0.05) is 13.0 Å². The zero-order valence-corrected chi connectivity index (χ0v) is 14.7. The first-order valence-corrected chi connectivity index (χ1v) is 8.21. The summed E-state index contributed by atoms with van der Waals surface area (Å²) >= 11 is 0. The Morgan fingerprint density at radius 2 is 1.90 bits per heavy atom. The molecule has 0 spiro atoms. The van der Waals surface area contributed by atoms with Crippen LogP contribution in [-0.4, -0.2) is 44.7 Å². The summed E-state index contributed by atoms with van der Waals surface area (Å²) < 4.78 is 0. The molecule has 3 heteroatoms. The van der Waals surface area contributed by atoms with Crippen molar-refractivity contribution in [2.45, 2.75) is 46.7 Å². The van der Waals surface area contributed by atoms with Gasteiger partial charge in [0.2, 0.25) is 0 Å². The Hall–Kier alpha value is -1.06. The van der Waals surface area contributed by atoms with Crippen molar-refractivity contribution in [3.05, 3.63) is 29.3 Å². The summed E-state index contributed by atoms with van der Waals surface area (Å²) in [5.41, 5.74) is 4.12. The molecule has 0 aromatic heterocycles. The zero-order valence-electron chi connectivity index (χ0n) is 14.7. The molecule has 21 heavy (non-hydrogen) atoms. The summed E-state index contributed by atoms with van der Waals surface area (Å²) in [7, 11) is 4.27. The molecule has 0 aliphatic carbocycles. The van der Waals surface area contributed by atoms with E-state index in [4.69, 9.17) is 0 Å². The molecule has 1 aromatic carbocycles. The third-order valence-electron chi connectivity index (χ3n) is 3.90. The maximum absolute atomic E-state index is 3.48. The Bertz CT molecular complexity index is 415. The highest BCUT2D eigenvalue weighted by Crippen LogP contribution is 2.21. The molecule has 1 unspecified atom stereocenters. The van der Waals surface area contributed by atoms with E-state index in [-0.39, 0.29) is 0 Å². The predicted octanol–water partition coefficient (Wildman–Crippen LogP) is 3.27. The number of benzene rings is 1. The molecular formula is C18H33N3. The van der Waals surface area contributed by atoms with Crippen LogP contribution in [0.5, 0.6) is 0 Å². The minimum atomic E-state index is 0.522. The zero-order chi connectivity index (χ0) is 15.8. The van der Waals surface area contributed by atoms with Crippen molar-refractivity contribution in [1.82, 2.24) is 10.2 Å². The standard InChI is InChI=1S/C18H33N3/c1-7-11-19-13-17-9-10-18(12-15(17)3)21(8-2)16(4)14-20(5)6/h9-10,12,16,19H,7-8,11,13-14H2,1-6H3. The quantitative estimate of drug-likeness (QED) is 0.705. The van der Waals surface area contributed by atoms with Gasteiger partial charge in [0.1, 0.15) is 0 Å². The highest BCUT2D eigenvalue weighted by atomic mass is 15.2. The number of likely N-dealkylation sites (N-methyl/N-ethyl adjacent to an activating group) is 2. The Morgan fingerprint density at radius 3 is 2.43 bits per heavy atom. The van der Waals surface area contributed by atoms with Crippen molar-refractivity contribution >= 4 is 5.69 Å². The van der Waals surface area contributed by atoms with Crippen molar-refractivity contribution in [3.63, 3.8) is 0 Å². The molecule has 0 amide bonds. The van der Waals surface area contributed by atoms with E-state index < -0.39 is 0 Å². The number of nitrogens with zero attached hydrogens (tertiary/aromatic N) is 2. The summed E-state index contributed by atoms with van der Waals surface area (Å²) in [6.45, 7) is 13.1. The molecule has 0 aliphatic rings. The van der Waals surface area contributed by atoms with Crippen LogP contribution in [0, 0.1) is 6.92 Å². The van der Waals surface area contributed by atoms with Crippen LogP contribution in [-0.2, 0) is 6.54 Å². The number of hydrogen-bond donors (Lipinski definition) is 1. The van der Waals surface area contributed by atoms with E-state index in [1.54, 1.807) is 0 Å². The lowest BCUT2D eigenvalue weighted by Crippen LogP contribution is -2.40. The minimum Gasteiger partial charge on any atom is -0.368 e. The van der Waals surface area contributed by atoms with Gasteiger partial charge in [-0.25, -0.2) is 0 Å². The molecule has 1 aromatic rings. The van der Waals surface area contributed by atoms with Crippen molar-refractivity contribution in [3.8, 4) is 0 Å². The SMILES string of the molecule is CCCNCc1ccc(N(CC)C(C)CN(C)C)cc1C. The van der Waals surface area contributed by atoms with Crippen LogP contribution < -0.4 is 10.2 Å². The maximum atomic E-state index is 3.48. The molecule has 1 atom stereocenters. The molecule has 0 fully saturated rings. The minimum absolute atomic E-state index is 0.522. The summed E-state index contributed by atoms with van der Waals surface area (Å²) in [4.78, 5) is 4.74. The van der Waals surface area contributed by atoms with Crippen molar-refractivity contribution in [2.75, 3.05) is 38.6 Å². The summed E-state index contributed by atoms with van der Waals surface area (Å²) in [5, 5.41) is 3.48. The Kier molecular flexibility index (Phi) is 7.76. The monoisotopic (exact) mass is 291 g/mol. The van der Waals surface area contributed by atoms with Crippen LogP contribution in [0.1, 0.15) is 38.3 Å². The van der Waals surface area contributed by atoms with Gasteiger partial charge < -0.3 is 15.1 Å². The molecular weight excluding hydrogens is 258 g/mol. The number of anilines is 1. The van der Waals surface area contributed by atoms with E-state index in [1.165, 1.54) is 23.2 Å². The number of rotatable bonds is 9. The molecule has 0 aliphatic heterocycles. The van der Waals surface area contributed by atoms with Gasteiger partial charge in [0.25, 0.3) is 0 Å². The lowest BCUT2D eigenvalue weighted by atomic mass is 10.1. The number of hydrogen-bond acceptors (Lipinski definition) is 3. The second kappa shape index (κ2) is 9.06. The van der Waals surface area contributed by atoms with Crippen LogP contribution in [0.2, 0.25) is 0 Å². The predicted molar refractivity (Wildman–Crippen MR) is 94.2 cm³/mol. The summed E-state index contributed by atoms with van der Waals surface area (Å²) in [6.07, 6.45) is 1.18. The molecule has 0 bridgehead atoms.